The minimum absolute atomic E-state index is 0.0306. The number of carbonyl (C=O) groups is 1. The third kappa shape index (κ3) is 5.65. The van der Waals surface area contributed by atoms with Gasteiger partial charge in [0, 0.05) is 11.3 Å². The first-order chi connectivity index (χ1) is 16.3. The maximum absolute atomic E-state index is 12.5. The summed E-state index contributed by atoms with van der Waals surface area (Å²) in [7, 11) is -2.19. The normalized spacial score (nSPS) is 11.4. The van der Waals surface area contributed by atoms with Crippen molar-refractivity contribution in [2.24, 2.45) is 5.14 Å². The summed E-state index contributed by atoms with van der Waals surface area (Å²) in [4.78, 5) is 12.4. The molecule has 0 radical (unpaired) electrons. The highest BCUT2D eigenvalue weighted by molar-refractivity contribution is 7.99. The molecular formula is C22H21N5O5S2. The zero-order valence-corrected chi connectivity index (χ0v) is 19.7. The van der Waals surface area contributed by atoms with E-state index in [0.717, 1.165) is 17.1 Å². The van der Waals surface area contributed by atoms with Crippen LogP contribution in [0.2, 0.25) is 0 Å². The number of nitrogens with one attached hydrogen (secondary N) is 1. The number of benzene rings is 2. The molecule has 0 unspecified atom stereocenters. The van der Waals surface area contributed by atoms with Gasteiger partial charge in [0.15, 0.2) is 11.0 Å². The minimum Gasteiger partial charge on any atom is -0.497 e. The lowest BCUT2D eigenvalue weighted by Crippen LogP contribution is -2.15. The second-order valence-corrected chi connectivity index (χ2v) is 9.61. The van der Waals surface area contributed by atoms with E-state index >= 15 is 0 Å². The number of sulfonamides is 1. The molecule has 3 N–H and O–H groups in total. The number of carbonyl (C=O) groups excluding carboxylic acids is 1. The number of methoxy groups -OCH3 is 1. The number of primary sulfonamides is 1. The molecule has 0 saturated heterocycles. The number of hydrogen-bond acceptors (Lipinski definition) is 8. The second-order valence-electron chi connectivity index (χ2n) is 7.11. The van der Waals surface area contributed by atoms with Crippen LogP contribution in [0.1, 0.15) is 5.76 Å². The van der Waals surface area contributed by atoms with Gasteiger partial charge >= 0.3 is 0 Å². The van der Waals surface area contributed by atoms with Crippen molar-refractivity contribution in [3.63, 3.8) is 0 Å². The summed E-state index contributed by atoms with van der Waals surface area (Å²) in [6.45, 7) is 0.389. The number of furan rings is 1. The highest BCUT2D eigenvalue weighted by Gasteiger charge is 2.17. The van der Waals surface area contributed by atoms with Gasteiger partial charge in [-0.2, -0.15) is 0 Å². The van der Waals surface area contributed by atoms with Gasteiger partial charge in [-0.1, -0.05) is 11.8 Å². The quantitative estimate of drug-likeness (QED) is 0.335. The van der Waals surface area contributed by atoms with Gasteiger partial charge in [-0.25, -0.2) is 13.6 Å². The topological polar surface area (TPSA) is 142 Å². The highest BCUT2D eigenvalue weighted by Crippen LogP contribution is 2.27. The molecule has 0 atom stereocenters. The average Bonchev–Trinajstić information content (AvgIpc) is 3.48. The van der Waals surface area contributed by atoms with E-state index < -0.39 is 10.0 Å². The smallest absolute Gasteiger partial charge is 0.238 e. The molecule has 4 aromatic rings. The summed E-state index contributed by atoms with van der Waals surface area (Å²) >= 11 is 1.22. The molecule has 2 aromatic carbocycles. The summed E-state index contributed by atoms with van der Waals surface area (Å²) < 4.78 is 35.3. The molecule has 10 nitrogen and oxygen atoms in total. The average molecular weight is 500 g/mol. The lowest BCUT2D eigenvalue weighted by atomic mass is 10.2. The van der Waals surface area contributed by atoms with Gasteiger partial charge in [0.1, 0.15) is 11.5 Å². The molecule has 0 bridgehead atoms. The van der Waals surface area contributed by atoms with Crippen molar-refractivity contribution in [2.45, 2.75) is 16.6 Å². The predicted molar refractivity (Wildman–Crippen MR) is 127 cm³/mol. The fourth-order valence-corrected chi connectivity index (χ4v) is 4.36. The van der Waals surface area contributed by atoms with Crippen molar-refractivity contribution in [1.29, 1.82) is 0 Å². The fraction of sp³-hybridized carbons (Fsp3) is 0.136. The van der Waals surface area contributed by atoms with E-state index in [0.29, 0.717) is 23.2 Å². The van der Waals surface area contributed by atoms with Crippen LogP contribution in [0.15, 0.2) is 81.4 Å². The van der Waals surface area contributed by atoms with Gasteiger partial charge in [0.25, 0.3) is 0 Å². The van der Waals surface area contributed by atoms with Crippen LogP contribution in [-0.2, 0) is 21.4 Å². The van der Waals surface area contributed by atoms with Crippen LogP contribution in [-0.4, -0.2) is 42.0 Å². The molecule has 2 heterocycles. The van der Waals surface area contributed by atoms with Crippen LogP contribution >= 0.6 is 11.8 Å². The number of rotatable bonds is 9. The molecule has 2 aromatic heterocycles. The summed E-state index contributed by atoms with van der Waals surface area (Å²) in [5.74, 6) is 1.85. The van der Waals surface area contributed by atoms with Gasteiger partial charge in [-0.05, 0) is 60.7 Å². The van der Waals surface area contributed by atoms with E-state index in [9.17, 15) is 13.2 Å². The van der Waals surface area contributed by atoms with E-state index in [1.54, 1.807) is 19.4 Å². The Hall–Kier alpha value is -3.61. The molecule has 0 aliphatic rings. The highest BCUT2D eigenvalue weighted by atomic mass is 32.2. The number of thioether (sulfide) groups is 1. The summed E-state index contributed by atoms with van der Waals surface area (Å²) in [6, 6.07) is 16.7. The van der Waals surface area contributed by atoms with E-state index in [2.05, 4.69) is 15.5 Å². The Morgan fingerprint density at radius 1 is 1.12 bits per heavy atom. The number of nitrogens with zero attached hydrogens (tertiary/aromatic N) is 3. The first-order valence-corrected chi connectivity index (χ1v) is 12.5. The first-order valence-electron chi connectivity index (χ1n) is 9.99. The Morgan fingerprint density at radius 3 is 2.47 bits per heavy atom. The maximum Gasteiger partial charge on any atom is 0.238 e. The van der Waals surface area contributed by atoms with E-state index in [4.69, 9.17) is 14.3 Å². The Bertz CT molecular complexity index is 1370. The molecule has 1 amide bonds. The Kier molecular flexibility index (Phi) is 7.01. The third-order valence-electron chi connectivity index (χ3n) is 4.76. The molecule has 0 aliphatic heterocycles. The largest absolute Gasteiger partial charge is 0.497 e. The predicted octanol–water partition coefficient (Wildman–Crippen LogP) is 2.97. The SMILES string of the molecule is COc1ccc(-c2nnc(SCC(=O)Nc3ccc(S(N)(=O)=O)cc3)n2Cc2ccco2)cc1. The molecule has 0 fully saturated rings. The number of ether oxygens (including phenoxy) is 1. The van der Waals surface area contributed by atoms with Gasteiger partial charge in [-0.15, -0.1) is 10.2 Å². The standard InChI is InChI=1S/C22H21N5O5S2/c1-31-17-8-4-15(5-9-17)21-25-26-22(27(21)13-18-3-2-12-32-18)33-14-20(28)24-16-6-10-19(11-7-16)34(23,29)30/h2-12H,13-14H2,1H3,(H,24,28)(H2,23,29,30). The van der Waals surface area contributed by atoms with Crippen LogP contribution < -0.4 is 15.2 Å². The van der Waals surface area contributed by atoms with Crippen LogP contribution in [0.5, 0.6) is 5.75 Å². The van der Waals surface area contributed by atoms with Gasteiger partial charge in [-0.3, -0.25) is 9.36 Å². The van der Waals surface area contributed by atoms with Crippen LogP contribution in [0.3, 0.4) is 0 Å². The molecule has 4 rings (SSSR count). The zero-order chi connectivity index (χ0) is 24.1. The lowest BCUT2D eigenvalue weighted by Gasteiger charge is -2.10. The molecular weight excluding hydrogens is 478 g/mol. The van der Waals surface area contributed by atoms with Gasteiger partial charge in [0.05, 0.1) is 30.6 Å². The summed E-state index contributed by atoms with van der Waals surface area (Å²) in [5, 5.41) is 17.0. The summed E-state index contributed by atoms with van der Waals surface area (Å²) in [6.07, 6.45) is 1.59. The van der Waals surface area contributed by atoms with Crippen molar-refractivity contribution < 1.29 is 22.4 Å². The Morgan fingerprint density at radius 2 is 1.85 bits per heavy atom. The molecule has 34 heavy (non-hydrogen) atoms. The number of nitrogens with two attached hydrogens (primary N) is 1. The number of amides is 1. The van der Waals surface area contributed by atoms with E-state index in [1.165, 1.54) is 36.0 Å². The van der Waals surface area contributed by atoms with Crippen LogP contribution in [0.4, 0.5) is 5.69 Å². The lowest BCUT2D eigenvalue weighted by molar-refractivity contribution is -0.113. The van der Waals surface area contributed by atoms with Crippen LogP contribution in [0.25, 0.3) is 11.4 Å². The molecule has 0 spiro atoms. The zero-order valence-electron chi connectivity index (χ0n) is 18.0. The van der Waals surface area contributed by atoms with Crippen molar-refractivity contribution >= 4 is 33.4 Å². The third-order valence-corrected chi connectivity index (χ3v) is 6.65. The number of anilines is 1. The maximum atomic E-state index is 12.5. The number of hydrogen-bond donors (Lipinski definition) is 2. The molecule has 0 saturated carbocycles. The Labute approximate surface area is 200 Å². The minimum atomic E-state index is -3.79. The molecule has 12 heteroatoms. The van der Waals surface area contributed by atoms with Crippen molar-refractivity contribution in [3.05, 3.63) is 72.7 Å². The first kappa shape index (κ1) is 23.5. The second kappa shape index (κ2) is 10.1. The van der Waals surface area contributed by atoms with Gasteiger partial charge < -0.3 is 14.5 Å². The van der Waals surface area contributed by atoms with E-state index in [-0.39, 0.29) is 16.6 Å². The van der Waals surface area contributed by atoms with Gasteiger partial charge in [0.2, 0.25) is 15.9 Å². The van der Waals surface area contributed by atoms with Crippen molar-refractivity contribution in [1.82, 2.24) is 14.8 Å². The molecule has 0 aliphatic carbocycles. The monoisotopic (exact) mass is 499 g/mol. The van der Waals surface area contributed by atoms with Crippen molar-refractivity contribution in [3.8, 4) is 17.1 Å². The van der Waals surface area contributed by atoms with Crippen molar-refractivity contribution in [2.75, 3.05) is 18.2 Å². The van der Waals surface area contributed by atoms with Crippen LogP contribution in [0, 0.1) is 0 Å². The Balaban J connectivity index is 1.49. The fourth-order valence-electron chi connectivity index (χ4n) is 3.11. The number of aromatic nitrogens is 3. The molecule has 176 valence electrons. The van der Waals surface area contributed by atoms with E-state index in [1.807, 2.05) is 34.9 Å². The summed E-state index contributed by atoms with van der Waals surface area (Å²) in [5.41, 5.74) is 1.29.